The van der Waals surface area contributed by atoms with Gasteiger partial charge in [0, 0.05) is 11.3 Å². The minimum absolute atomic E-state index is 0.175. The highest BCUT2D eigenvalue weighted by Crippen LogP contribution is 2.34. The molecule has 2 atom stereocenters. The minimum Gasteiger partial charge on any atom is -0.468 e. The van der Waals surface area contributed by atoms with E-state index in [1.165, 1.54) is 14.2 Å². The van der Waals surface area contributed by atoms with Gasteiger partial charge in [-0.15, -0.1) is 0 Å². The van der Waals surface area contributed by atoms with Gasteiger partial charge in [0.05, 0.1) is 14.2 Å². The van der Waals surface area contributed by atoms with Gasteiger partial charge in [-0.05, 0) is 24.8 Å². The summed E-state index contributed by atoms with van der Waals surface area (Å²) in [5.74, 6) is -2.34. The van der Waals surface area contributed by atoms with E-state index < -0.39 is 17.9 Å². The Kier molecular flexibility index (Phi) is 3.65. The van der Waals surface area contributed by atoms with Crippen LogP contribution in [-0.4, -0.2) is 36.9 Å². The quantitative estimate of drug-likeness (QED) is 0.651. The number of aromatic amines is 1. The molecule has 1 aliphatic carbocycles. The highest BCUT2D eigenvalue weighted by Gasteiger charge is 2.41. The molecule has 0 aromatic carbocycles. The van der Waals surface area contributed by atoms with Crippen molar-refractivity contribution < 1.29 is 23.9 Å². The Labute approximate surface area is 116 Å². The molecule has 2 rings (SSSR count). The molecule has 0 unspecified atom stereocenters. The van der Waals surface area contributed by atoms with Crippen LogP contribution in [0, 0.1) is 18.8 Å². The minimum atomic E-state index is -0.813. The average Bonchev–Trinajstić information content (AvgIpc) is 2.74. The van der Waals surface area contributed by atoms with E-state index in [9.17, 15) is 14.4 Å². The Morgan fingerprint density at radius 3 is 2.45 bits per heavy atom. The van der Waals surface area contributed by atoms with Gasteiger partial charge in [-0.25, -0.2) is 4.79 Å². The van der Waals surface area contributed by atoms with Crippen molar-refractivity contribution in [2.75, 3.05) is 14.2 Å². The molecular formula is C14H17NO5. The number of esters is 2. The summed E-state index contributed by atoms with van der Waals surface area (Å²) in [6, 6.07) is 0. The number of nitrogens with one attached hydrogen (secondary N) is 1. The van der Waals surface area contributed by atoms with Crippen LogP contribution in [0.1, 0.15) is 39.0 Å². The van der Waals surface area contributed by atoms with Gasteiger partial charge < -0.3 is 14.5 Å². The Hall–Kier alpha value is -2.11. The Morgan fingerprint density at radius 1 is 1.25 bits per heavy atom. The van der Waals surface area contributed by atoms with Crippen molar-refractivity contribution in [2.45, 2.75) is 20.3 Å². The molecule has 1 N–H and O–H groups in total. The second kappa shape index (κ2) is 5.11. The normalized spacial score (nSPS) is 21.3. The van der Waals surface area contributed by atoms with Crippen LogP contribution in [0.2, 0.25) is 0 Å². The third kappa shape index (κ3) is 2.01. The van der Waals surface area contributed by atoms with Gasteiger partial charge in [-0.3, -0.25) is 9.59 Å². The molecule has 20 heavy (non-hydrogen) atoms. The van der Waals surface area contributed by atoms with E-state index in [-0.39, 0.29) is 17.4 Å². The van der Waals surface area contributed by atoms with Gasteiger partial charge in [0.1, 0.15) is 11.6 Å². The SMILES string of the molecule is COC(=O)c1[nH]c2c(c1C)C(=O)[C@@H](C(=O)OC)[C@H](C)C2. The van der Waals surface area contributed by atoms with Crippen LogP contribution >= 0.6 is 0 Å². The van der Waals surface area contributed by atoms with Crippen LogP contribution in [-0.2, 0) is 20.7 Å². The van der Waals surface area contributed by atoms with Crippen LogP contribution in [0.15, 0.2) is 0 Å². The number of ether oxygens (including phenoxy) is 2. The topological polar surface area (TPSA) is 85.5 Å². The van der Waals surface area contributed by atoms with Crippen LogP contribution in [0.25, 0.3) is 0 Å². The lowest BCUT2D eigenvalue weighted by molar-refractivity contribution is -0.145. The van der Waals surface area contributed by atoms with Crippen LogP contribution in [0.4, 0.5) is 0 Å². The molecule has 1 aliphatic rings. The summed E-state index contributed by atoms with van der Waals surface area (Å²) in [5.41, 5.74) is 1.89. The Balaban J connectivity index is 2.51. The second-order valence-corrected chi connectivity index (χ2v) is 5.02. The van der Waals surface area contributed by atoms with Crippen LogP contribution in [0.5, 0.6) is 0 Å². The van der Waals surface area contributed by atoms with E-state index in [0.29, 0.717) is 23.2 Å². The summed E-state index contributed by atoms with van der Waals surface area (Å²) < 4.78 is 9.38. The summed E-state index contributed by atoms with van der Waals surface area (Å²) in [5, 5.41) is 0. The van der Waals surface area contributed by atoms with Gasteiger partial charge in [-0.1, -0.05) is 6.92 Å². The summed E-state index contributed by atoms with van der Waals surface area (Å²) in [6.45, 7) is 3.49. The number of carbonyl (C=O) groups is 3. The molecule has 0 saturated carbocycles. The van der Waals surface area contributed by atoms with Gasteiger partial charge in [0.2, 0.25) is 0 Å². The second-order valence-electron chi connectivity index (χ2n) is 5.02. The molecule has 1 aromatic heterocycles. The van der Waals surface area contributed by atoms with Crippen molar-refractivity contribution in [1.29, 1.82) is 0 Å². The smallest absolute Gasteiger partial charge is 0.354 e. The van der Waals surface area contributed by atoms with Crippen LogP contribution in [0.3, 0.4) is 0 Å². The predicted octanol–water partition coefficient (Wildman–Crippen LogP) is 1.27. The molecule has 0 amide bonds. The van der Waals surface area contributed by atoms with E-state index in [1.54, 1.807) is 6.92 Å². The lowest BCUT2D eigenvalue weighted by Crippen LogP contribution is -2.36. The first-order valence-corrected chi connectivity index (χ1v) is 6.34. The standard InChI is InChI=1S/C14H17NO5/c1-6-5-8-10(12(16)9(6)13(17)19-3)7(2)11(15-8)14(18)20-4/h6,9,15H,5H2,1-4H3/t6-,9+/m1/s1. The summed E-state index contributed by atoms with van der Waals surface area (Å²) in [7, 11) is 2.55. The van der Waals surface area contributed by atoms with E-state index in [1.807, 2.05) is 6.92 Å². The number of ketones is 1. The maximum Gasteiger partial charge on any atom is 0.354 e. The zero-order chi connectivity index (χ0) is 15.0. The highest BCUT2D eigenvalue weighted by molar-refractivity contribution is 6.12. The predicted molar refractivity (Wildman–Crippen MR) is 69.6 cm³/mol. The monoisotopic (exact) mass is 279 g/mol. The number of hydrogen-bond acceptors (Lipinski definition) is 5. The zero-order valence-electron chi connectivity index (χ0n) is 11.9. The summed E-state index contributed by atoms with van der Waals surface area (Å²) >= 11 is 0. The fourth-order valence-corrected chi connectivity index (χ4v) is 2.77. The van der Waals surface area contributed by atoms with Crippen molar-refractivity contribution in [3.8, 4) is 0 Å². The van der Waals surface area contributed by atoms with Gasteiger partial charge in [-0.2, -0.15) is 0 Å². The molecule has 1 aromatic rings. The number of methoxy groups -OCH3 is 2. The number of Topliss-reactive ketones (excluding diaryl/α,β-unsaturated/α-hetero) is 1. The third-order valence-corrected chi connectivity index (χ3v) is 3.80. The molecular weight excluding hydrogens is 262 g/mol. The fourth-order valence-electron chi connectivity index (χ4n) is 2.77. The Morgan fingerprint density at radius 2 is 1.90 bits per heavy atom. The maximum absolute atomic E-state index is 12.5. The lowest BCUT2D eigenvalue weighted by atomic mass is 9.77. The molecule has 108 valence electrons. The molecule has 6 nitrogen and oxygen atoms in total. The van der Waals surface area contributed by atoms with E-state index in [0.717, 1.165) is 0 Å². The third-order valence-electron chi connectivity index (χ3n) is 3.80. The first-order valence-electron chi connectivity index (χ1n) is 6.34. The first kappa shape index (κ1) is 14.3. The fraction of sp³-hybridized carbons (Fsp3) is 0.500. The zero-order valence-corrected chi connectivity index (χ0v) is 11.9. The maximum atomic E-state index is 12.5. The highest BCUT2D eigenvalue weighted by atomic mass is 16.5. The van der Waals surface area contributed by atoms with E-state index in [2.05, 4.69) is 9.72 Å². The molecule has 6 heteroatoms. The molecule has 1 heterocycles. The first-order chi connectivity index (χ1) is 9.42. The number of H-pyrrole nitrogens is 1. The van der Waals surface area contributed by atoms with E-state index in [4.69, 9.17) is 4.74 Å². The van der Waals surface area contributed by atoms with Gasteiger partial charge >= 0.3 is 11.9 Å². The largest absolute Gasteiger partial charge is 0.468 e. The van der Waals surface area contributed by atoms with E-state index >= 15 is 0 Å². The molecule has 0 bridgehead atoms. The summed E-state index contributed by atoms with van der Waals surface area (Å²) in [6.07, 6.45) is 0.513. The molecule has 0 fully saturated rings. The van der Waals surface area contributed by atoms with Gasteiger partial charge in [0.25, 0.3) is 0 Å². The molecule has 0 spiro atoms. The number of aromatic nitrogens is 1. The summed E-state index contributed by atoms with van der Waals surface area (Å²) in [4.78, 5) is 38.9. The number of hydrogen-bond donors (Lipinski definition) is 1. The number of carbonyl (C=O) groups excluding carboxylic acids is 3. The lowest BCUT2D eigenvalue weighted by Gasteiger charge is -2.25. The van der Waals surface area contributed by atoms with Crippen LogP contribution < -0.4 is 0 Å². The van der Waals surface area contributed by atoms with Crippen molar-refractivity contribution in [1.82, 2.24) is 4.98 Å². The van der Waals surface area contributed by atoms with Gasteiger partial charge in [0.15, 0.2) is 5.78 Å². The van der Waals surface area contributed by atoms with Crippen molar-refractivity contribution >= 4 is 17.7 Å². The Bertz CT molecular complexity index is 587. The molecule has 0 aliphatic heterocycles. The molecule has 0 saturated heterocycles. The van der Waals surface area contributed by atoms with Crippen molar-refractivity contribution in [3.05, 3.63) is 22.5 Å². The number of fused-ring (bicyclic) bond motifs is 1. The van der Waals surface area contributed by atoms with Crippen molar-refractivity contribution in [3.63, 3.8) is 0 Å². The number of rotatable bonds is 2. The molecule has 0 radical (unpaired) electrons. The average molecular weight is 279 g/mol. The van der Waals surface area contributed by atoms with Crippen molar-refractivity contribution in [2.24, 2.45) is 11.8 Å².